The molecule has 0 bridgehead atoms. The Morgan fingerprint density at radius 1 is 0.300 bits per heavy atom. The van der Waals surface area contributed by atoms with Crippen LogP contribution in [0.4, 0.5) is 0 Å². The maximum Gasteiger partial charge on any atom is 0.306 e. The maximum absolute atomic E-state index is 12.8. The van der Waals surface area contributed by atoms with Crippen molar-refractivity contribution in [1.82, 2.24) is 0 Å². The van der Waals surface area contributed by atoms with E-state index >= 15 is 0 Å². The van der Waals surface area contributed by atoms with Gasteiger partial charge in [0.25, 0.3) is 0 Å². The molecule has 0 aromatic heterocycles. The van der Waals surface area contributed by atoms with Crippen molar-refractivity contribution in [2.45, 2.75) is 239 Å². The van der Waals surface area contributed by atoms with Gasteiger partial charge >= 0.3 is 17.9 Å². The van der Waals surface area contributed by atoms with Crippen molar-refractivity contribution in [3.63, 3.8) is 0 Å². The lowest BCUT2D eigenvalue weighted by molar-refractivity contribution is -0.167. The average molecular weight is 968 g/mol. The summed E-state index contributed by atoms with van der Waals surface area (Å²) in [4.78, 5) is 38.1. The van der Waals surface area contributed by atoms with Crippen molar-refractivity contribution in [3.05, 3.63) is 134 Å². The van der Waals surface area contributed by atoms with E-state index in [2.05, 4.69) is 154 Å². The topological polar surface area (TPSA) is 78.9 Å². The number of ether oxygens (including phenoxy) is 3. The second-order valence-electron chi connectivity index (χ2n) is 18.1. The van der Waals surface area contributed by atoms with Gasteiger partial charge in [-0.25, -0.2) is 0 Å². The first-order valence-electron chi connectivity index (χ1n) is 28.2. The molecule has 0 fully saturated rings. The van der Waals surface area contributed by atoms with Crippen molar-refractivity contribution in [3.8, 4) is 0 Å². The van der Waals surface area contributed by atoms with Crippen LogP contribution < -0.4 is 0 Å². The zero-order chi connectivity index (χ0) is 50.7. The second kappa shape index (κ2) is 57.1. The van der Waals surface area contributed by atoms with Gasteiger partial charge in [0.05, 0.1) is 0 Å². The predicted molar refractivity (Wildman–Crippen MR) is 302 cm³/mol. The number of carbonyl (C=O) groups excluding carboxylic acids is 3. The van der Waals surface area contributed by atoms with Crippen LogP contribution in [0, 0.1) is 0 Å². The van der Waals surface area contributed by atoms with Crippen molar-refractivity contribution in [2.24, 2.45) is 0 Å². The molecule has 0 saturated heterocycles. The van der Waals surface area contributed by atoms with Gasteiger partial charge in [0.2, 0.25) is 0 Å². The minimum absolute atomic E-state index is 0.117. The van der Waals surface area contributed by atoms with E-state index in [1.807, 2.05) is 0 Å². The fourth-order valence-corrected chi connectivity index (χ4v) is 7.20. The second-order valence-corrected chi connectivity index (χ2v) is 18.1. The molecule has 6 nitrogen and oxygen atoms in total. The van der Waals surface area contributed by atoms with Crippen LogP contribution in [0.5, 0.6) is 0 Å². The Morgan fingerprint density at radius 2 is 0.571 bits per heavy atom. The van der Waals surface area contributed by atoms with E-state index in [1.54, 1.807) is 0 Å². The summed E-state index contributed by atoms with van der Waals surface area (Å²) in [5.41, 5.74) is 0. The molecule has 0 amide bonds. The van der Waals surface area contributed by atoms with Gasteiger partial charge in [-0.1, -0.05) is 219 Å². The standard InChI is InChI=1S/C64H102O6/c1-4-7-10-13-16-19-22-25-28-31-32-34-36-39-42-45-48-51-54-57-63(66)69-60-61(59-68-62(65)56-53-50-47-44-41-38-35-30-27-24-21-18-15-12-9-6-3)70-64(67)58-55-52-49-46-43-40-37-33-29-26-23-20-17-14-11-8-5-2/h7,9-10,12,16-21,25-30,37-38,40-41,46,49,61H,4-6,8,11,13-15,22-24,31-36,39,42-45,47-48,50-60H2,1-3H3/b10-7-,12-9-,19-16-,20-17-,21-18-,28-25-,29-26-,30-27-,40-37-,41-38-,49-46-. The molecule has 70 heavy (non-hydrogen) atoms. The van der Waals surface area contributed by atoms with E-state index < -0.39 is 6.10 Å². The summed E-state index contributed by atoms with van der Waals surface area (Å²) in [5, 5.41) is 0. The van der Waals surface area contributed by atoms with Gasteiger partial charge in [0.15, 0.2) is 6.10 Å². The third-order valence-electron chi connectivity index (χ3n) is 11.4. The molecule has 0 aromatic rings. The first-order chi connectivity index (χ1) is 34.5. The SMILES string of the molecule is CC/C=C\C/C=C\C/C=C\C/C=C\CCCCCC(=O)OCC(COC(=O)CCCCCCCCCCC/C=C\C/C=C\C/C=C\CC)OC(=O)CCC/C=C\C/C=C\C/C=C\C/C=C\CCCCC. The Hall–Kier alpha value is -4.45. The van der Waals surface area contributed by atoms with E-state index in [4.69, 9.17) is 14.2 Å². The number of rotatable bonds is 49. The largest absolute Gasteiger partial charge is 0.462 e. The summed E-state index contributed by atoms with van der Waals surface area (Å²) in [6.45, 7) is 6.30. The van der Waals surface area contributed by atoms with E-state index in [-0.39, 0.29) is 37.5 Å². The van der Waals surface area contributed by atoms with E-state index in [0.29, 0.717) is 19.3 Å². The van der Waals surface area contributed by atoms with Crippen LogP contribution >= 0.6 is 0 Å². The highest BCUT2D eigenvalue weighted by atomic mass is 16.6. The minimum atomic E-state index is -0.828. The summed E-state index contributed by atoms with van der Waals surface area (Å²) in [7, 11) is 0. The Kier molecular flexibility index (Phi) is 53.5. The van der Waals surface area contributed by atoms with Crippen LogP contribution in [-0.2, 0) is 28.6 Å². The number of hydrogen-bond donors (Lipinski definition) is 0. The molecule has 0 aliphatic carbocycles. The molecule has 0 N–H and O–H groups in total. The fourth-order valence-electron chi connectivity index (χ4n) is 7.20. The number of unbranched alkanes of at least 4 members (excludes halogenated alkanes) is 16. The zero-order valence-electron chi connectivity index (χ0n) is 45.0. The van der Waals surface area contributed by atoms with Crippen LogP contribution in [-0.4, -0.2) is 37.2 Å². The highest BCUT2D eigenvalue weighted by molar-refractivity contribution is 5.71. The molecule has 0 aliphatic heterocycles. The quantitative estimate of drug-likeness (QED) is 0.0262. The molecule has 1 atom stereocenters. The average Bonchev–Trinajstić information content (AvgIpc) is 3.36. The van der Waals surface area contributed by atoms with Crippen molar-refractivity contribution < 1.29 is 28.6 Å². The third-order valence-corrected chi connectivity index (χ3v) is 11.4. The van der Waals surface area contributed by atoms with Crippen LogP contribution in [0.25, 0.3) is 0 Å². The smallest absolute Gasteiger partial charge is 0.306 e. The Morgan fingerprint density at radius 3 is 0.929 bits per heavy atom. The van der Waals surface area contributed by atoms with Crippen LogP contribution in [0.2, 0.25) is 0 Å². The summed E-state index contributed by atoms with van der Waals surface area (Å²) >= 11 is 0. The molecule has 394 valence electrons. The van der Waals surface area contributed by atoms with Gasteiger partial charge in [-0.15, -0.1) is 0 Å². The maximum atomic E-state index is 12.8. The van der Waals surface area contributed by atoms with Gasteiger partial charge < -0.3 is 14.2 Å². The number of esters is 3. The Balaban J connectivity index is 4.54. The van der Waals surface area contributed by atoms with Crippen LogP contribution in [0.15, 0.2) is 134 Å². The molecule has 0 saturated carbocycles. The molecule has 0 radical (unpaired) electrons. The van der Waals surface area contributed by atoms with E-state index in [0.717, 1.165) is 122 Å². The number of hydrogen-bond acceptors (Lipinski definition) is 6. The van der Waals surface area contributed by atoms with Crippen LogP contribution in [0.1, 0.15) is 233 Å². The number of allylic oxidation sites excluding steroid dienone is 22. The minimum Gasteiger partial charge on any atom is -0.462 e. The van der Waals surface area contributed by atoms with E-state index in [1.165, 1.54) is 64.2 Å². The molecule has 0 heterocycles. The summed E-state index contributed by atoms with van der Waals surface area (Å²) in [6.07, 6.45) is 80.1. The van der Waals surface area contributed by atoms with Gasteiger partial charge in [-0.2, -0.15) is 0 Å². The number of carbonyl (C=O) groups is 3. The van der Waals surface area contributed by atoms with Gasteiger partial charge in [-0.05, 0) is 128 Å². The monoisotopic (exact) mass is 967 g/mol. The van der Waals surface area contributed by atoms with Crippen LogP contribution in [0.3, 0.4) is 0 Å². The van der Waals surface area contributed by atoms with Gasteiger partial charge in [0, 0.05) is 19.3 Å². The van der Waals surface area contributed by atoms with E-state index in [9.17, 15) is 14.4 Å². The van der Waals surface area contributed by atoms with Crippen molar-refractivity contribution in [1.29, 1.82) is 0 Å². The third kappa shape index (κ3) is 54.5. The van der Waals surface area contributed by atoms with Crippen molar-refractivity contribution >= 4 is 17.9 Å². The highest BCUT2D eigenvalue weighted by Gasteiger charge is 2.19. The molecule has 0 spiro atoms. The lowest BCUT2D eigenvalue weighted by Gasteiger charge is -2.18. The first kappa shape index (κ1) is 65.5. The summed E-state index contributed by atoms with van der Waals surface area (Å²) in [6, 6.07) is 0. The molecular formula is C64H102O6. The van der Waals surface area contributed by atoms with Gasteiger partial charge in [0.1, 0.15) is 13.2 Å². The molecule has 0 aliphatic rings. The highest BCUT2D eigenvalue weighted by Crippen LogP contribution is 2.13. The summed E-state index contributed by atoms with van der Waals surface area (Å²) < 4.78 is 16.8. The van der Waals surface area contributed by atoms with Gasteiger partial charge in [-0.3, -0.25) is 14.4 Å². The predicted octanol–water partition coefficient (Wildman–Crippen LogP) is 19.0. The lowest BCUT2D eigenvalue weighted by atomic mass is 10.1. The zero-order valence-corrected chi connectivity index (χ0v) is 45.0. The Labute approximate surface area is 430 Å². The lowest BCUT2D eigenvalue weighted by Crippen LogP contribution is -2.30. The molecule has 6 heteroatoms. The Bertz CT molecular complexity index is 1530. The molecule has 0 rings (SSSR count). The molecule has 0 aromatic carbocycles. The first-order valence-corrected chi connectivity index (χ1v) is 28.2. The van der Waals surface area contributed by atoms with Crippen molar-refractivity contribution in [2.75, 3.05) is 13.2 Å². The summed E-state index contributed by atoms with van der Waals surface area (Å²) in [5.74, 6) is -1.02. The fraction of sp³-hybridized carbons (Fsp3) is 0.609. The normalized spacial score (nSPS) is 13.1. The molecule has 1 unspecified atom stereocenters. The molecular weight excluding hydrogens is 865 g/mol.